The van der Waals surface area contributed by atoms with Gasteiger partial charge in [0.05, 0.1) is 0 Å². The summed E-state index contributed by atoms with van der Waals surface area (Å²) < 4.78 is 5.36. The number of fused-ring (bicyclic) bond motifs is 1. The van der Waals surface area contributed by atoms with Gasteiger partial charge in [0.1, 0.15) is 12.6 Å². The molecule has 4 rings (SSSR count). The normalized spacial score (nSPS) is 11.7. The molecule has 1 atom stereocenters. The highest BCUT2D eigenvalue weighted by atomic mass is 16.5. The van der Waals surface area contributed by atoms with Crippen LogP contribution in [0.5, 0.6) is 0 Å². The van der Waals surface area contributed by atoms with Gasteiger partial charge in [-0.05, 0) is 54.3 Å². The number of carbonyl (C=O) groups excluding carboxylic acids is 2. The van der Waals surface area contributed by atoms with Crippen LogP contribution in [0, 0.1) is 13.8 Å². The first-order valence-corrected chi connectivity index (χ1v) is 10.9. The van der Waals surface area contributed by atoms with Crippen LogP contribution in [0.1, 0.15) is 22.3 Å². The van der Waals surface area contributed by atoms with Crippen LogP contribution < -0.4 is 10.6 Å². The van der Waals surface area contributed by atoms with Crippen LogP contribution in [0.2, 0.25) is 0 Å². The van der Waals surface area contributed by atoms with Crippen molar-refractivity contribution in [1.82, 2.24) is 10.3 Å². The van der Waals surface area contributed by atoms with Crippen molar-refractivity contribution in [2.45, 2.75) is 32.9 Å². The number of aryl methyl sites for hydroxylation is 2. The Hall–Kier alpha value is -4.06. The summed E-state index contributed by atoms with van der Waals surface area (Å²) in [5.74, 6) is -0.305. The van der Waals surface area contributed by atoms with Gasteiger partial charge < -0.3 is 20.4 Å². The second-order valence-corrected chi connectivity index (χ2v) is 8.11. The lowest BCUT2D eigenvalue weighted by molar-refractivity contribution is -0.118. The van der Waals surface area contributed by atoms with Crippen molar-refractivity contribution < 1.29 is 14.3 Å². The van der Waals surface area contributed by atoms with Gasteiger partial charge in [-0.2, -0.15) is 0 Å². The van der Waals surface area contributed by atoms with Gasteiger partial charge in [-0.25, -0.2) is 4.79 Å². The van der Waals surface area contributed by atoms with E-state index in [1.165, 1.54) is 0 Å². The van der Waals surface area contributed by atoms with Crippen LogP contribution >= 0.6 is 0 Å². The Bertz CT molecular complexity index is 1260. The number of carbonyl (C=O) groups is 2. The predicted octanol–water partition coefficient (Wildman–Crippen LogP) is 5.26. The van der Waals surface area contributed by atoms with Gasteiger partial charge in [-0.1, -0.05) is 54.6 Å². The molecule has 2 amide bonds. The number of hydrogen-bond acceptors (Lipinski definition) is 3. The Morgan fingerprint density at radius 2 is 1.70 bits per heavy atom. The van der Waals surface area contributed by atoms with Gasteiger partial charge in [-0.15, -0.1) is 0 Å². The highest BCUT2D eigenvalue weighted by molar-refractivity contribution is 5.97. The van der Waals surface area contributed by atoms with Gasteiger partial charge in [0.25, 0.3) is 0 Å². The number of H-pyrrole nitrogens is 1. The Balaban J connectivity index is 1.50. The minimum atomic E-state index is -0.811. The Morgan fingerprint density at radius 3 is 2.48 bits per heavy atom. The first-order valence-electron chi connectivity index (χ1n) is 10.9. The first-order chi connectivity index (χ1) is 16.0. The molecule has 1 aromatic heterocycles. The van der Waals surface area contributed by atoms with E-state index in [1.54, 1.807) is 0 Å². The quantitative estimate of drug-likeness (QED) is 0.366. The largest absolute Gasteiger partial charge is 0.445 e. The zero-order chi connectivity index (χ0) is 23.2. The van der Waals surface area contributed by atoms with Crippen molar-refractivity contribution in [2.75, 3.05) is 5.32 Å². The second-order valence-electron chi connectivity index (χ2n) is 8.11. The van der Waals surface area contributed by atoms with Crippen molar-refractivity contribution in [3.63, 3.8) is 0 Å². The van der Waals surface area contributed by atoms with Crippen molar-refractivity contribution in [1.29, 1.82) is 0 Å². The average molecular weight is 442 g/mol. The molecule has 3 N–H and O–H groups in total. The smallest absolute Gasteiger partial charge is 0.408 e. The number of aromatic nitrogens is 1. The third kappa shape index (κ3) is 5.60. The van der Waals surface area contributed by atoms with E-state index >= 15 is 0 Å². The molecule has 0 unspecified atom stereocenters. The monoisotopic (exact) mass is 441 g/mol. The number of amides is 2. The summed E-state index contributed by atoms with van der Waals surface area (Å²) >= 11 is 0. The standard InChI is InChI=1S/C27H27N3O3/c1-18-12-13-22(14-19(18)2)29-26(31)25(15-21-16-28-24-11-7-6-10-23(21)24)30-27(32)33-17-20-8-4-3-5-9-20/h3-14,16,25,28H,15,17H2,1-2H3,(H,29,31)(H,30,32)/t25-/m0/s1. The SMILES string of the molecule is Cc1ccc(NC(=O)[C@H](Cc2c[nH]c3ccccc23)NC(=O)OCc2ccccc2)cc1C. The Morgan fingerprint density at radius 1 is 0.939 bits per heavy atom. The zero-order valence-corrected chi connectivity index (χ0v) is 18.7. The topological polar surface area (TPSA) is 83.2 Å². The van der Waals surface area contributed by atoms with E-state index in [0.29, 0.717) is 12.1 Å². The van der Waals surface area contributed by atoms with E-state index in [9.17, 15) is 9.59 Å². The van der Waals surface area contributed by atoms with E-state index in [-0.39, 0.29) is 12.5 Å². The van der Waals surface area contributed by atoms with Crippen molar-refractivity contribution >= 4 is 28.6 Å². The molecule has 6 heteroatoms. The highest BCUT2D eigenvalue weighted by Crippen LogP contribution is 2.20. The molecule has 3 aromatic carbocycles. The third-order valence-electron chi connectivity index (χ3n) is 5.69. The number of rotatable bonds is 7. The van der Waals surface area contributed by atoms with Crippen molar-refractivity contribution in [3.05, 3.63) is 101 Å². The van der Waals surface area contributed by atoms with Crippen LogP contribution in [0.4, 0.5) is 10.5 Å². The van der Waals surface area contributed by atoms with Gasteiger partial charge >= 0.3 is 6.09 Å². The lowest BCUT2D eigenvalue weighted by atomic mass is 10.0. The summed E-state index contributed by atoms with van der Waals surface area (Å²) in [4.78, 5) is 29.0. The maximum atomic E-state index is 13.2. The van der Waals surface area contributed by atoms with E-state index in [0.717, 1.165) is 33.2 Å². The summed E-state index contributed by atoms with van der Waals surface area (Å²) in [5.41, 5.74) is 5.70. The molecule has 0 bridgehead atoms. The maximum Gasteiger partial charge on any atom is 0.408 e. The van der Waals surface area contributed by atoms with E-state index in [2.05, 4.69) is 15.6 Å². The van der Waals surface area contributed by atoms with Gasteiger partial charge in [0.2, 0.25) is 5.91 Å². The van der Waals surface area contributed by atoms with Crippen molar-refractivity contribution in [2.24, 2.45) is 0 Å². The molecule has 168 valence electrons. The molecule has 4 aromatic rings. The summed E-state index contributed by atoms with van der Waals surface area (Å²) in [5, 5.41) is 6.69. The van der Waals surface area contributed by atoms with Gasteiger partial charge in [0, 0.05) is 29.2 Å². The minimum absolute atomic E-state index is 0.130. The van der Waals surface area contributed by atoms with E-state index < -0.39 is 12.1 Å². The molecule has 6 nitrogen and oxygen atoms in total. The maximum absolute atomic E-state index is 13.2. The number of aromatic amines is 1. The number of para-hydroxylation sites is 1. The lowest BCUT2D eigenvalue weighted by Gasteiger charge is -2.19. The number of alkyl carbamates (subject to hydrolysis) is 1. The molecule has 0 aliphatic carbocycles. The van der Waals surface area contributed by atoms with Gasteiger partial charge in [-0.3, -0.25) is 4.79 Å². The molecule has 0 spiro atoms. The molecular formula is C27H27N3O3. The van der Waals surface area contributed by atoms with Crippen LogP contribution in [0.15, 0.2) is 79.0 Å². The number of ether oxygens (including phenoxy) is 1. The third-order valence-corrected chi connectivity index (χ3v) is 5.69. The molecule has 1 heterocycles. The van der Waals surface area contributed by atoms with Crippen molar-refractivity contribution in [3.8, 4) is 0 Å². The van der Waals surface area contributed by atoms with Crippen LogP contribution in [0.3, 0.4) is 0 Å². The molecule has 0 aliphatic heterocycles. The van der Waals surface area contributed by atoms with E-state index in [1.807, 2.05) is 92.8 Å². The fourth-order valence-electron chi connectivity index (χ4n) is 3.69. The summed E-state index contributed by atoms with van der Waals surface area (Å²) in [6.45, 7) is 4.14. The summed E-state index contributed by atoms with van der Waals surface area (Å²) in [6.07, 6.45) is 1.55. The molecule has 33 heavy (non-hydrogen) atoms. The highest BCUT2D eigenvalue weighted by Gasteiger charge is 2.23. The minimum Gasteiger partial charge on any atom is -0.445 e. The molecule has 0 fully saturated rings. The Kier molecular flexibility index (Phi) is 6.74. The molecular weight excluding hydrogens is 414 g/mol. The predicted molar refractivity (Wildman–Crippen MR) is 130 cm³/mol. The zero-order valence-electron chi connectivity index (χ0n) is 18.7. The number of nitrogens with one attached hydrogen (secondary N) is 3. The fourth-order valence-corrected chi connectivity index (χ4v) is 3.69. The summed E-state index contributed by atoms with van der Waals surface area (Å²) in [7, 11) is 0. The lowest BCUT2D eigenvalue weighted by Crippen LogP contribution is -2.45. The summed E-state index contributed by atoms with van der Waals surface area (Å²) in [6, 6.07) is 22.2. The van der Waals surface area contributed by atoms with Gasteiger partial charge in [0.15, 0.2) is 0 Å². The first kappa shape index (κ1) is 22.1. The molecule has 0 saturated heterocycles. The van der Waals surface area contributed by atoms with E-state index in [4.69, 9.17) is 4.74 Å². The van der Waals surface area contributed by atoms with Crippen LogP contribution in [-0.4, -0.2) is 23.0 Å². The number of hydrogen-bond donors (Lipinski definition) is 3. The van der Waals surface area contributed by atoms with Crippen LogP contribution in [0.25, 0.3) is 10.9 Å². The molecule has 0 aliphatic rings. The average Bonchev–Trinajstić information content (AvgIpc) is 3.23. The molecule has 0 radical (unpaired) electrons. The molecule has 0 saturated carbocycles. The fraction of sp³-hybridized carbons (Fsp3) is 0.185. The van der Waals surface area contributed by atoms with Crippen LogP contribution in [-0.2, 0) is 22.6 Å². The Labute approximate surface area is 193 Å². The second kappa shape index (κ2) is 10.0. The number of benzene rings is 3. The number of anilines is 1.